The van der Waals surface area contributed by atoms with Crippen molar-refractivity contribution < 1.29 is 4.79 Å². The first-order valence-corrected chi connectivity index (χ1v) is 8.01. The van der Waals surface area contributed by atoms with Gasteiger partial charge in [0.15, 0.2) is 5.82 Å². The van der Waals surface area contributed by atoms with Crippen LogP contribution in [0.5, 0.6) is 0 Å². The zero-order valence-electron chi connectivity index (χ0n) is 13.8. The average molecular weight is 317 g/mol. The van der Waals surface area contributed by atoms with Crippen LogP contribution in [0.15, 0.2) is 6.20 Å². The Bertz CT molecular complexity index is 663. The van der Waals surface area contributed by atoms with E-state index in [0.29, 0.717) is 18.2 Å². The molecular formula is C15H23N7O. The van der Waals surface area contributed by atoms with Crippen molar-refractivity contribution in [1.29, 1.82) is 0 Å². The molecule has 0 bridgehead atoms. The van der Waals surface area contributed by atoms with E-state index in [2.05, 4.69) is 31.0 Å². The Morgan fingerprint density at radius 2 is 2.09 bits per heavy atom. The summed E-state index contributed by atoms with van der Waals surface area (Å²) in [6, 6.07) is 0. The summed E-state index contributed by atoms with van der Waals surface area (Å²) in [4.78, 5) is 12.6. The smallest absolute Gasteiger partial charge is 0.252 e. The predicted molar refractivity (Wildman–Crippen MR) is 84.1 cm³/mol. The molecule has 2 aromatic rings. The molecule has 0 aromatic carbocycles. The van der Waals surface area contributed by atoms with E-state index >= 15 is 0 Å². The van der Waals surface area contributed by atoms with Gasteiger partial charge in [0.1, 0.15) is 0 Å². The molecule has 0 saturated carbocycles. The van der Waals surface area contributed by atoms with E-state index in [-0.39, 0.29) is 5.91 Å². The Hall–Kier alpha value is -2.09. The highest BCUT2D eigenvalue weighted by Gasteiger charge is 2.28. The molecule has 0 amide bonds. The van der Waals surface area contributed by atoms with Gasteiger partial charge < -0.3 is 5.32 Å². The fourth-order valence-corrected chi connectivity index (χ4v) is 2.89. The van der Waals surface area contributed by atoms with Gasteiger partial charge in [-0.1, -0.05) is 26.0 Å². The third-order valence-corrected chi connectivity index (χ3v) is 4.17. The molecule has 1 aliphatic heterocycles. The van der Waals surface area contributed by atoms with Crippen molar-refractivity contribution in [2.24, 2.45) is 5.41 Å². The number of nitrogens with one attached hydrogen (secondary N) is 2. The molecule has 3 heterocycles. The van der Waals surface area contributed by atoms with Gasteiger partial charge in [0.25, 0.3) is 5.91 Å². The van der Waals surface area contributed by atoms with E-state index in [1.165, 1.54) is 4.68 Å². The summed E-state index contributed by atoms with van der Waals surface area (Å²) in [5.74, 6) is 1.00. The normalized spacial score (nSPS) is 16.7. The molecule has 1 saturated heterocycles. The summed E-state index contributed by atoms with van der Waals surface area (Å²) in [6.07, 6.45) is 4.49. The lowest BCUT2D eigenvalue weighted by Crippen LogP contribution is -2.27. The molecule has 0 radical (unpaired) electrons. The van der Waals surface area contributed by atoms with Gasteiger partial charge in [0.05, 0.1) is 12.1 Å². The van der Waals surface area contributed by atoms with Gasteiger partial charge in [-0.2, -0.15) is 10.3 Å². The molecule has 0 unspecified atom stereocenters. The van der Waals surface area contributed by atoms with E-state index < -0.39 is 5.41 Å². The molecule has 1 aliphatic rings. The fraction of sp³-hybridized carbons (Fsp3) is 0.667. The quantitative estimate of drug-likeness (QED) is 0.880. The zero-order valence-corrected chi connectivity index (χ0v) is 13.8. The standard InChI is InChI=1S/C15H23N7O/c1-15(2,3)14(23)22-9-11(10-4-6-16-7-5-10)12(19-22)8-13-17-20-21-18-13/h9-10,16H,4-8H2,1-3H3,(H,17,18,20,21). The third-order valence-electron chi connectivity index (χ3n) is 4.17. The number of hydrogen-bond donors (Lipinski definition) is 2. The molecule has 23 heavy (non-hydrogen) atoms. The van der Waals surface area contributed by atoms with Gasteiger partial charge >= 0.3 is 0 Å². The van der Waals surface area contributed by atoms with Crippen LogP contribution in [0.2, 0.25) is 0 Å². The number of aromatic amines is 1. The number of tetrazole rings is 1. The molecule has 8 nitrogen and oxygen atoms in total. The molecule has 3 rings (SSSR count). The van der Waals surface area contributed by atoms with Crippen molar-refractivity contribution >= 4 is 5.91 Å². The van der Waals surface area contributed by atoms with Gasteiger partial charge in [0.2, 0.25) is 0 Å². The summed E-state index contributed by atoms with van der Waals surface area (Å²) in [7, 11) is 0. The third kappa shape index (κ3) is 3.47. The molecule has 8 heteroatoms. The van der Waals surface area contributed by atoms with Gasteiger partial charge in [-0.25, -0.2) is 4.68 Å². The van der Waals surface area contributed by atoms with Crippen molar-refractivity contribution in [1.82, 2.24) is 35.7 Å². The maximum absolute atomic E-state index is 12.6. The molecule has 1 fully saturated rings. The number of hydrogen-bond acceptors (Lipinski definition) is 6. The van der Waals surface area contributed by atoms with Crippen molar-refractivity contribution in [3.8, 4) is 0 Å². The van der Waals surface area contributed by atoms with E-state index in [4.69, 9.17) is 0 Å². The molecule has 0 aliphatic carbocycles. The highest BCUT2D eigenvalue weighted by atomic mass is 16.2. The van der Waals surface area contributed by atoms with E-state index in [0.717, 1.165) is 37.2 Å². The number of rotatable bonds is 3. The summed E-state index contributed by atoms with van der Waals surface area (Å²) in [5.41, 5.74) is 1.53. The minimum atomic E-state index is -0.471. The van der Waals surface area contributed by atoms with Crippen molar-refractivity contribution in [2.45, 2.75) is 46.0 Å². The zero-order chi connectivity index (χ0) is 16.4. The van der Waals surface area contributed by atoms with Crippen LogP contribution in [0.1, 0.15) is 61.4 Å². The second-order valence-electron chi connectivity index (χ2n) is 7.06. The van der Waals surface area contributed by atoms with Gasteiger partial charge in [-0.3, -0.25) is 4.79 Å². The molecule has 2 N–H and O–H groups in total. The van der Waals surface area contributed by atoms with Crippen LogP contribution in [-0.4, -0.2) is 49.4 Å². The Kier molecular flexibility index (Phi) is 4.25. The van der Waals surface area contributed by atoms with E-state index in [1.807, 2.05) is 27.0 Å². The van der Waals surface area contributed by atoms with Gasteiger partial charge in [-0.15, -0.1) is 10.2 Å². The highest BCUT2D eigenvalue weighted by molar-refractivity contribution is 5.83. The molecular weight excluding hydrogens is 294 g/mol. The van der Waals surface area contributed by atoms with Crippen LogP contribution in [0.3, 0.4) is 0 Å². The largest absolute Gasteiger partial charge is 0.317 e. The monoisotopic (exact) mass is 317 g/mol. The minimum Gasteiger partial charge on any atom is -0.317 e. The number of piperidine rings is 1. The summed E-state index contributed by atoms with van der Waals surface area (Å²) < 4.78 is 1.49. The number of carbonyl (C=O) groups excluding carboxylic acids is 1. The first kappa shape index (κ1) is 15.8. The minimum absolute atomic E-state index is 0.00736. The van der Waals surface area contributed by atoms with E-state index in [9.17, 15) is 4.79 Å². The number of carbonyl (C=O) groups is 1. The van der Waals surface area contributed by atoms with Crippen LogP contribution in [0.25, 0.3) is 0 Å². The Morgan fingerprint density at radius 1 is 1.35 bits per heavy atom. The topological polar surface area (TPSA) is 101 Å². The average Bonchev–Trinajstić information content (AvgIpc) is 3.17. The Labute approximate surface area is 135 Å². The number of H-pyrrole nitrogens is 1. The van der Waals surface area contributed by atoms with Gasteiger partial charge in [0, 0.05) is 11.6 Å². The highest BCUT2D eigenvalue weighted by Crippen LogP contribution is 2.29. The number of aromatic nitrogens is 6. The van der Waals surface area contributed by atoms with Crippen LogP contribution in [-0.2, 0) is 6.42 Å². The lowest BCUT2D eigenvalue weighted by molar-refractivity contribution is 0.0748. The summed E-state index contributed by atoms with van der Waals surface area (Å²) >= 11 is 0. The maximum atomic E-state index is 12.6. The Morgan fingerprint density at radius 3 is 2.70 bits per heavy atom. The molecule has 0 atom stereocenters. The molecule has 2 aromatic heterocycles. The van der Waals surface area contributed by atoms with Crippen LogP contribution in [0, 0.1) is 5.41 Å². The van der Waals surface area contributed by atoms with E-state index in [1.54, 1.807) is 0 Å². The first-order valence-electron chi connectivity index (χ1n) is 8.01. The molecule has 124 valence electrons. The SMILES string of the molecule is CC(C)(C)C(=O)n1cc(C2CCNCC2)c(Cc2nn[nH]n2)n1. The summed E-state index contributed by atoms with van der Waals surface area (Å²) in [5, 5.41) is 22.0. The first-order chi connectivity index (χ1) is 10.9. The van der Waals surface area contributed by atoms with Crippen molar-refractivity contribution in [3.63, 3.8) is 0 Å². The Balaban J connectivity index is 1.94. The maximum Gasteiger partial charge on any atom is 0.252 e. The second kappa shape index (κ2) is 6.19. The second-order valence-corrected chi connectivity index (χ2v) is 7.06. The van der Waals surface area contributed by atoms with Crippen LogP contribution < -0.4 is 5.32 Å². The van der Waals surface area contributed by atoms with Crippen molar-refractivity contribution in [2.75, 3.05) is 13.1 Å². The lowest BCUT2D eigenvalue weighted by atomic mass is 9.90. The molecule has 0 spiro atoms. The summed E-state index contributed by atoms with van der Waals surface area (Å²) in [6.45, 7) is 7.69. The van der Waals surface area contributed by atoms with Gasteiger partial charge in [-0.05, 0) is 37.4 Å². The fourth-order valence-electron chi connectivity index (χ4n) is 2.89. The van der Waals surface area contributed by atoms with Crippen molar-refractivity contribution in [3.05, 3.63) is 23.3 Å². The lowest BCUT2D eigenvalue weighted by Gasteiger charge is -2.22. The van der Waals surface area contributed by atoms with Crippen LogP contribution in [0.4, 0.5) is 0 Å². The van der Waals surface area contributed by atoms with Crippen LogP contribution >= 0.6 is 0 Å². The predicted octanol–water partition coefficient (Wildman–Crippen LogP) is 1.14. The number of nitrogens with zero attached hydrogens (tertiary/aromatic N) is 5.